The predicted octanol–water partition coefficient (Wildman–Crippen LogP) is 5.02. The number of nitrogens with one attached hydrogen (secondary N) is 1. The Kier molecular flexibility index (Phi) is 6.40. The summed E-state index contributed by atoms with van der Waals surface area (Å²) in [6, 6.07) is 4.27. The molecular weight excluding hydrogens is 404 g/mol. The van der Waals surface area contributed by atoms with E-state index in [4.69, 9.17) is 0 Å². The Morgan fingerprint density at radius 1 is 1.21 bits per heavy atom. The standard InChI is InChI=1S/C19H21F2N5S.ClH/c1-3-7-27-19-24-17(13-10-22-26(4-2)18(13)25-19)23-16-9-12(16)11-5-6-14(20)15(21)8-11;/h5-6,8,10,12,16H,3-4,7,9H2,1-2H3,(H,23,24,25);1H/t12-,16+;/m0./s1. The molecule has 1 saturated carbocycles. The maximum atomic E-state index is 13.5. The number of hydrogen-bond donors (Lipinski definition) is 1. The summed E-state index contributed by atoms with van der Waals surface area (Å²) in [5.41, 5.74) is 1.63. The molecule has 1 aromatic carbocycles. The van der Waals surface area contributed by atoms with E-state index in [1.807, 2.05) is 11.6 Å². The van der Waals surface area contributed by atoms with Gasteiger partial charge in [0, 0.05) is 24.3 Å². The third kappa shape index (κ3) is 4.07. The molecule has 1 fully saturated rings. The number of benzene rings is 1. The van der Waals surface area contributed by atoms with E-state index in [1.165, 1.54) is 12.1 Å². The van der Waals surface area contributed by atoms with Crippen molar-refractivity contribution >= 4 is 41.0 Å². The van der Waals surface area contributed by atoms with Crippen molar-refractivity contribution in [1.29, 1.82) is 0 Å². The molecule has 28 heavy (non-hydrogen) atoms. The zero-order valence-corrected chi connectivity index (χ0v) is 17.3. The summed E-state index contributed by atoms with van der Waals surface area (Å²) in [7, 11) is 0. The highest BCUT2D eigenvalue weighted by Gasteiger charge is 2.39. The van der Waals surface area contributed by atoms with Crippen molar-refractivity contribution < 1.29 is 8.78 Å². The number of aryl methyl sites for hydroxylation is 1. The molecule has 0 radical (unpaired) electrons. The summed E-state index contributed by atoms with van der Waals surface area (Å²) in [6.45, 7) is 4.89. The number of hydrogen-bond acceptors (Lipinski definition) is 5. The summed E-state index contributed by atoms with van der Waals surface area (Å²) in [5, 5.41) is 9.47. The zero-order valence-electron chi connectivity index (χ0n) is 15.7. The number of anilines is 1. The van der Waals surface area contributed by atoms with Gasteiger partial charge in [-0.1, -0.05) is 24.8 Å². The molecule has 0 aliphatic heterocycles. The van der Waals surface area contributed by atoms with E-state index in [2.05, 4.69) is 27.3 Å². The quantitative estimate of drug-likeness (QED) is 0.425. The Labute approximate surface area is 172 Å². The predicted molar refractivity (Wildman–Crippen MR) is 110 cm³/mol. The van der Waals surface area contributed by atoms with Crippen LogP contribution in [0, 0.1) is 11.6 Å². The van der Waals surface area contributed by atoms with Crippen LogP contribution in [0.4, 0.5) is 14.6 Å². The molecule has 2 aromatic heterocycles. The second-order valence-corrected chi connectivity index (χ2v) is 7.73. The van der Waals surface area contributed by atoms with Crippen LogP contribution in [0.2, 0.25) is 0 Å². The molecule has 0 spiro atoms. The summed E-state index contributed by atoms with van der Waals surface area (Å²) in [6.07, 6.45) is 3.68. The lowest BCUT2D eigenvalue weighted by molar-refractivity contribution is 0.507. The van der Waals surface area contributed by atoms with Crippen molar-refractivity contribution in [1.82, 2.24) is 19.7 Å². The molecule has 2 atom stereocenters. The van der Waals surface area contributed by atoms with Crippen molar-refractivity contribution in [3.63, 3.8) is 0 Å². The monoisotopic (exact) mass is 425 g/mol. The summed E-state index contributed by atoms with van der Waals surface area (Å²) in [5.74, 6) is 0.245. The Bertz CT molecular complexity index is 980. The van der Waals surface area contributed by atoms with Crippen LogP contribution in [0.15, 0.2) is 29.6 Å². The Hall–Kier alpha value is -1.93. The molecule has 5 nitrogen and oxygen atoms in total. The van der Waals surface area contributed by atoms with Gasteiger partial charge < -0.3 is 5.32 Å². The number of nitrogens with zero attached hydrogens (tertiary/aromatic N) is 4. The first-order valence-corrected chi connectivity index (χ1v) is 10.2. The molecule has 3 aromatic rings. The smallest absolute Gasteiger partial charge is 0.191 e. The molecule has 4 rings (SSSR count). The number of aromatic nitrogens is 4. The van der Waals surface area contributed by atoms with Crippen LogP contribution >= 0.6 is 24.2 Å². The van der Waals surface area contributed by atoms with Crippen molar-refractivity contribution in [3.8, 4) is 0 Å². The highest BCUT2D eigenvalue weighted by atomic mass is 35.5. The summed E-state index contributed by atoms with van der Waals surface area (Å²) in [4.78, 5) is 9.33. The third-order valence-corrected chi connectivity index (χ3v) is 5.75. The fourth-order valence-corrected chi connectivity index (χ4v) is 3.87. The minimum atomic E-state index is -0.814. The van der Waals surface area contributed by atoms with Gasteiger partial charge in [-0.3, -0.25) is 0 Å². The molecular formula is C19H22ClF2N5S. The van der Waals surface area contributed by atoms with Gasteiger partial charge in [-0.2, -0.15) is 5.10 Å². The fraction of sp³-hybridized carbons (Fsp3) is 0.421. The average Bonchev–Trinajstić information content (AvgIpc) is 3.30. The van der Waals surface area contributed by atoms with E-state index in [9.17, 15) is 8.78 Å². The normalized spacial score (nSPS) is 18.1. The fourth-order valence-electron chi connectivity index (χ4n) is 3.18. The Balaban J connectivity index is 0.00000225. The first kappa shape index (κ1) is 20.8. The number of thioether (sulfide) groups is 1. The maximum absolute atomic E-state index is 13.5. The summed E-state index contributed by atoms with van der Waals surface area (Å²) >= 11 is 1.63. The molecule has 1 aliphatic rings. The van der Waals surface area contributed by atoms with Crippen molar-refractivity contribution in [2.45, 2.75) is 50.4 Å². The van der Waals surface area contributed by atoms with E-state index in [0.717, 1.165) is 52.7 Å². The van der Waals surface area contributed by atoms with E-state index >= 15 is 0 Å². The van der Waals surface area contributed by atoms with E-state index in [1.54, 1.807) is 24.0 Å². The first-order valence-electron chi connectivity index (χ1n) is 9.18. The lowest BCUT2D eigenvalue weighted by atomic mass is 10.1. The van der Waals surface area contributed by atoms with Gasteiger partial charge in [-0.25, -0.2) is 23.4 Å². The third-order valence-electron chi connectivity index (χ3n) is 4.69. The molecule has 0 bridgehead atoms. The highest BCUT2D eigenvalue weighted by Crippen LogP contribution is 2.43. The van der Waals surface area contributed by atoms with Gasteiger partial charge in [0.05, 0.1) is 11.6 Å². The Morgan fingerprint density at radius 2 is 2.04 bits per heavy atom. The van der Waals surface area contributed by atoms with Gasteiger partial charge in [0.25, 0.3) is 0 Å². The molecule has 2 heterocycles. The van der Waals surface area contributed by atoms with Gasteiger partial charge in [0.1, 0.15) is 5.82 Å². The average molecular weight is 426 g/mol. The zero-order chi connectivity index (χ0) is 19.0. The minimum Gasteiger partial charge on any atom is -0.366 e. The van der Waals surface area contributed by atoms with Gasteiger partial charge in [-0.15, -0.1) is 12.4 Å². The highest BCUT2D eigenvalue weighted by molar-refractivity contribution is 7.99. The number of fused-ring (bicyclic) bond motifs is 1. The van der Waals surface area contributed by atoms with Crippen molar-refractivity contribution in [2.24, 2.45) is 0 Å². The maximum Gasteiger partial charge on any atom is 0.191 e. The molecule has 9 heteroatoms. The molecule has 1 N–H and O–H groups in total. The molecule has 0 unspecified atom stereocenters. The van der Waals surface area contributed by atoms with E-state index in [0.29, 0.717) is 0 Å². The van der Waals surface area contributed by atoms with Crippen LogP contribution < -0.4 is 5.32 Å². The van der Waals surface area contributed by atoms with Crippen LogP contribution in [0.3, 0.4) is 0 Å². The first-order chi connectivity index (χ1) is 13.1. The topological polar surface area (TPSA) is 55.6 Å². The second kappa shape index (κ2) is 8.61. The molecule has 0 amide bonds. The van der Waals surface area contributed by atoms with Gasteiger partial charge in [-0.05, 0) is 37.5 Å². The number of rotatable bonds is 7. The molecule has 1 aliphatic carbocycles. The second-order valence-electron chi connectivity index (χ2n) is 6.67. The SMILES string of the molecule is CCCSc1nc(N[C@@H]2C[C@H]2c2ccc(F)c(F)c2)c2cnn(CC)c2n1.Cl. The van der Waals surface area contributed by atoms with E-state index in [-0.39, 0.29) is 24.4 Å². The largest absolute Gasteiger partial charge is 0.366 e. The molecule has 150 valence electrons. The van der Waals surface area contributed by atoms with Gasteiger partial charge in [0.2, 0.25) is 0 Å². The molecule has 0 saturated heterocycles. The van der Waals surface area contributed by atoms with E-state index < -0.39 is 11.6 Å². The van der Waals surface area contributed by atoms with Crippen LogP contribution in [0.5, 0.6) is 0 Å². The van der Waals surface area contributed by atoms with Crippen LogP contribution in [0.25, 0.3) is 11.0 Å². The lowest BCUT2D eigenvalue weighted by Crippen LogP contribution is -2.08. The number of halogens is 3. The lowest BCUT2D eigenvalue weighted by Gasteiger charge is -2.09. The van der Waals surface area contributed by atoms with Crippen LogP contribution in [-0.4, -0.2) is 31.5 Å². The summed E-state index contributed by atoms with van der Waals surface area (Å²) < 4.78 is 28.5. The van der Waals surface area contributed by atoms with Crippen molar-refractivity contribution in [3.05, 3.63) is 41.6 Å². The van der Waals surface area contributed by atoms with Crippen LogP contribution in [-0.2, 0) is 6.54 Å². The van der Waals surface area contributed by atoms with Crippen molar-refractivity contribution in [2.75, 3.05) is 11.1 Å². The Morgan fingerprint density at radius 3 is 2.75 bits per heavy atom. The minimum absolute atomic E-state index is 0. The van der Waals surface area contributed by atoms with Gasteiger partial charge >= 0.3 is 0 Å². The van der Waals surface area contributed by atoms with Crippen LogP contribution in [0.1, 0.15) is 38.2 Å². The van der Waals surface area contributed by atoms with Gasteiger partial charge in [0.15, 0.2) is 22.4 Å².